The van der Waals surface area contributed by atoms with Crippen LogP contribution in [0.3, 0.4) is 0 Å². The Morgan fingerprint density at radius 2 is 2.25 bits per heavy atom. The number of rotatable bonds is 5. The Labute approximate surface area is 120 Å². The molecule has 1 aliphatic heterocycles. The zero-order valence-electron chi connectivity index (χ0n) is 12.3. The lowest BCUT2D eigenvalue weighted by molar-refractivity contribution is 0.0746. The third kappa shape index (κ3) is 3.98. The topological polar surface area (TPSA) is 39.6 Å². The molecule has 1 aliphatic rings. The minimum atomic E-state index is -0.615. The van der Waals surface area contributed by atoms with Gasteiger partial charge < -0.3 is 14.9 Å². The van der Waals surface area contributed by atoms with Gasteiger partial charge in [-0.25, -0.2) is 4.39 Å². The van der Waals surface area contributed by atoms with Gasteiger partial charge in [0.15, 0.2) is 0 Å². The van der Waals surface area contributed by atoms with Crippen LogP contribution in [-0.4, -0.2) is 59.2 Å². The van der Waals surface area contributed by atoms with Gasteiger partial charge in [-0.1, -0.05) is 6.92 Å². The third-order valence-electron chi connectivity index (χ3n) is 4.14. The molecule has 0 aliphatic carbocycles. The van der Waals surface area contributed by atoms with Gasteiger partial charge >= 0.3 is 0 Å². The number of aliphatic hydroxyl groups excluding tert-OH is 1. The van der Waals surface area contributed by atoms with Crippen molar-refractivity contribution >= 4 is 0 Å². The van der Waals surface area contributed by atoms with Crippen LogP contribution in [0.4, 0.5) is 4.39 Å². The van der Waals surface area contributed by atoms with Crippen LogP contribution in [0.15, 0.2) is 18.3 Å². The molecular formula is C15H24FN3O. The fourth-order valence-corrected chi connectivity index (χ4v) is 2.69. The van der Waals surface area contributed by atoms with Crippen molar-refractivity contribution < 1.29 is 9.50 Å². The fraction of sp³-hybridized carbons (Fsp3) is 0.667. The Morgan fingerprint density at radius 3 is 2.90 bits per heavy atom. The maximum absolute atomic E-state index is 12.8. The number of aromatic nitrogens is 1. The summed E-state index contributed by atoms with van der Waals surface area (Å²) < 4.78 is 12.8. The van der Waals surface area contributed by atoms with Crippen LogP contribution >= 0.6 is 0 Å². The molecule has 0 amide bonds. The van der Waals surface area contributed by atoms with E-state index in [1.165, 1.54) is 6.07 Å². The molecule has 1 aromatic heterocycles. The normalized spacial score (nSPS) is 22.9. The van der Waals surface area contributed by atoms with Gasteiger partial charge in [0, 0.05) is 32.2 Å². The first kappa shape index (κ1) is 15.4. The average Bonchev–Trinajstić information content (AvgIpc) is 2.46. The summed E-state index contributed by atoms with van der Waals surface area (Å²) in [6.45, 7) is 6.23. The van der Waals surface area contributed by atoms with E-state index in [9.17, 15) is 9.50 Å². The minimum Gasteiger partial charge on any atom is -0.387 e. The number of piperazine rings is 1. The van der Waals surface area contributed by atoms with Gasteiger partial charge in [0.2, 0.25) is 0 Å². The molecule has 5 heteroatoms. The maximum Gasteiger partial charge on any atom is 0.141 e. The Balaban J connectivity index is 1.81. The van der Waals surface area contributed by atoms with Gasteiger partial charge in [-0.15, -0.1) is 0 Å². The second kappa shape index (κ2) is 7.11. The van der Waals surface area contributed by atoms with Gasteiger partial charge in [0.1, 0.15) is 5.82 Å². The first-order chi connectivity index (χ1) is 9.60. The molecule has 112 valence electrons. The summed E-state index contributed by atoms with van der Waals surface area (Å²) in [5, 5.41) is 10.1. The molecule has 2 atom stereocenters. The lowest BCUT2D eigenvalue weighted by Gasteiger charge is -2.39. The first-order valence-electron chi connectivity index (χ1n) is 7.32. The van der Waals surface area contributed by atoms with Crippen LogP contribution in [0, 0.1) is 5.82 Å². The zero-order valence-corrected chi connectivity index (χ0v) is 12.3. The number of nitrogens with zero attached hydrogens (tertiary/aromatic N) is 3. The highest BCUT2D eigenvalue weighted by Crippen LogP contribution is 2.17. The van der Waals surface area contributed by atoms with Crippen LogP contribution < -0.4 is 0 Å². The van der Waals surface area contributed by atoms with E-state index in [4.69, 9.17) is 0 Å². The highest BCUT2D eigenvalue weighted by atomic mass is 19.1. The molecule has 20 heavy (non-hydrogen) atoms. The Bertz CT molecular complexity index is 412. The van der Waals surface area contributed by atoms with Crippen molar-refractivity contribution in [1.29, 1.82) is 0 Å². The summed E-state index contributed by atoms with van der Waals surface area (Å²) in [4.78, 5) is 8.72. The van der Waals surface area contributed by atoms with E-state index < -0.39 is 6.10 Å². The summed E-state index contributed by atoms with van der Waals surface area (Å²) in [7, 11) is 2.17. The SMILES string of the molecule is CCC1CN(CCC(O)c2ccc(F)cn2)CCN1C. The molecule has 1 N–H and O–H groups in total. The van der Waals surface area contributed by atoms with E-state index in [-0.39, 0.29) is 5.82 Å². The molecule has 2 heterocycles. The lowest BCUT2D eigenvalue weighted by atomic mass is 10.1. The molecule has 2 rings (SSSR count). The summed E-state index contributed by atoms with van der Waals surface area (Å²) in [5.41, 5.74) is 0.549. The summed E-state index contributed by atoms with van der Waals surface area (Å²) >= 11 is 0. The predicted octanol–water partition coefficient (Wildman–Crippen LogP) is 1.67. The highest BCUT2D eigenvalue weighted by Gasteiger charge is 2.23. The highest BCUT2D eigenvalue weighted by molar-refractivity contribution is 5.08. The smallest absolute Gasteiger partial charge is 0.141 e. The van der Waals surface area contributed by atoms with Crippen molar-refractivity contribution in [1.82, 2.24) is 14.8 Å². The van der Waals surface area contributed by atoms with Crippen molar-refractivity contribution in [3.05, 3.63) is 29.8 Å². The van der Waals surface area contributed by atoms with Gasteiger partial charge in [0.25, 0.3) is 0 Å². The third-order valence-corrected chi connectivity index (χ3v) is 4.14. The van der Waals surface area contributed by atoms with Crippen LogP contribution in [0.1, 0.15) is 31.6 Å². The molecule has 0 bridgehead atoms. The van der Waals surface area contributed by atoms with Crippen molar-refractivity contribution in [2.24, 2.45) is 0 Å². The number of pyridine rings is 1. The Kier molecular flexibility index (Phi) is 5.46. The van der Waals surface area contributed by atoms with Crippen molar-refractivity contribution in [2.45, 2.75) is 31.9 Å². The number of likely N-dealkylation sites (N-methyl/N-ethyl adjacent to an activating group) is 1. The van der Waals surface area contributed by atoms with Crippen LogP contribution in [0.5, 0.6) is 0 Å². The van der Waals surface area contributed by atoms with Gasteiger partial charge in [-0.05, 0) is 32.0 Å². The maximum atomic E-state index is 12.8. The number of aliphatic hydroxyl groups is 1. The van der Waals surface area contributed by atoms with E-state index in [1.807, 2.05) is 0 Å². The van der Waals surface area contributed by atoms with Gasteiger partial charge in [-0.3, -0.25) is 4.98 Å². The van der Waals surface area contributed by atoms with Crippen LogP contribution in [0.2, 0.25) is 0 Å². The van der Waals surface area contributed by atoms with E-state index in [1.54, 1.807) is 6.07 Å². The van der Waals surface area contributed by atoms with Crippen molar-refractivity contribution in [3.8, 4) is 0 Å². The molecule has 0 spiro atoms. The Morgan fingerprint density at radius 1 is 1.45 bits per heavy atom. The fourth-order valence-electron chi connectivity index (χ4n) is 2.69. The van der Waals surface area contributed by atoms with E-state index in [0.29, 0.717) is 18.2 Å². The molecule has 4 nitrogen and oxygen atoms in total. The predicted molar refractivity (Wildman–Crippen MR) is 76.9 cm³/mol. The van der Waals surface area contributed by atoms with Gasteiger partial charge in [0.05, 0.1) is 18.0 Å². The molecule has 1 saturated heterocycles. The molecule has 0 aromatic carbocycles. The molecule has 0 saturated carbocycles. The molecular weight excluding hydrogens is 257 g/mol. The second-order valence-electron chi connectivity index (χ2n) is 5.55. The molecule has 2 unspecified atom stereocenters. The Hall–Kier alpha value is -1.04. The number of halogens is 1. The first-order valence-corrected chi connectivity index (χ1v) is 7.32. The molecule has 0 radical (unpaired) electrons. The van der Waals surface area contributed by atoms with E-state index >= 15 is 0 Å². The van der Waals surface area contributed by atoms with Crippen LogP contribution in [0.25, 0.3) is 0 Å². The summed E-state index contributed by atoms with van der Waals surface area (Å²) in [5.74, 6) is -0.370. The average molecular weight is 281 g/mol. The number of hydrogen-bond acceptors (Lipinski definition) is 4. The monoisotopic (exact) mass is 281 g/mol. The standard InChI is InChI=1S/C15H24FN3O/c1-3-13-11-19(9-8-18(13)2)7-6-15(20)14-5-4-12(16)10-17-14/h4-5,10,13,15,20H,3,6-9,11H2,1-2H3. The second-order valence-corrected chi connectivity index (χ2v) is 5.55. The lowest BCUT2D eigenvalue weighted by Crippen LogP contribution is -2.51. The summed E-state index contributed by atoms with van der Waals surface area (Å²) in [6, 6.07) is 3.50. The van der Waals surface area contributed by atoms with E-state index in [0.717, 1.165) is 38.8 Å². The largest absolute Gasteiger partial charge is 0.387 e. The zero-order chi connectivity index (χ0) is 14.5. The quantitative estimate of drug-likeness (QED) is 0.891. The molecule has 1 aromatic rings. The number of hydrogen-bond donors (Lipinski definition) is 1. The summed E-state index contributed by atoms with van der Waals surface area (Å²) in [6.07, 6.45) is 2.32. The van der Waals surface area contributed by atoms with Crippen molar-refractivity contribution in [3.63, 3.8) is 0 Å². The van der Waals surface area contributed by atoms with Gasteiger partial charge in [-0.2, -0.15) is 0 Å². The molecule has 1 fully saturated rings. The van der Waals surface area contributed by atoms with Crippen molar-refractivity contribution in [2.75, 3.05) is 33.2 Å². The van der Waals surface area contributed by atoms with E-state index in [2.05, 4.69) is 28.8 Å². The van der Waals surface area contributed by atoms with Crippen LogP contribution in [-0.2, 0) is 0 Å². The minimum absolute atomic E-state index is 0.370.